The molecule has 110 valence electrons. The van der Waals surface area contributed by atoms with Crippen molar-refractivity contribution >= 4 is 28.6 Å². The largest absolute Gasteiger partial charge is 0.420 e. The Hall–Kier alpha value is -1.44. The van der Waals surface area contributed by atoms with Crippen LogP contribution in [-0.4, -0.2) is 29.0 Å². The summed E-state index contributed by atoms with van der Waals surface area (Å²) in [5, 5.41) is 9.82. The lowest BCUT2D eigenvalue weighted by Crippen LogP contribution is -2.42. The summed E-state index contributed by atoms with van der Waals surface area (Å²) in [4.78, 5) is 17.0. The number of thiophene rings is 1. The van der Waals surface area contributed by atoms with Crippen molar-refractivity contribution in [2.75, 3.05) is 0 Å². The molecule has 21 heavy (non-hydrogen) atoms. The first-order valence-electron chi connectivity index (χ1n) is 7.02. The smallest absolute Gasteiger partial charge is 0.279 e. The topological polar surface area (TPSA) is 63.2 Å². The number of carbonyl (C=O) groups excluding carboxylic acids is 1. The average molecular weight is 321 g/mol. The number of nitrogens with one attached hydrogen (secondary N) is 2. The summed E-state index contributed by atoms with van der Waals surface area (Å²) in [5.41, 5.74) is 0. The molecule has 7 heteroatoms. The summed E-state index contributed by atoms with van der Waals surface area (Å²) >= 11 is 2.79. The molecular formula is C14H15N3O2S2. The van der Waals surface area contributed by atoms with Crippen molar-refractivity contribution < 1.29 is 9.53 Å². The maximum absolute atomic E-state index is 12.3. The molecule has 3 unspecified atom stereocenters. The van der Waals surface area contributed by atoms with Crippen LogP contribution in [0.4, 0.5) is 0 Å². The van der Waals surface area contributed by atoms with Gasteiger partial charge in [-0.2, -0.15) is 0 Å². The number of hydrogen-bond donors (Lipinski definition) is 2. The maximum atomic E-state index is 12.3. The van der Waals surface area contributed by atoms with E-state index in [0.717, 1.165) is 6.42 Å². The van der Waals surface area contributed by atoms with Crippen LogP contribution in [0.5, 0.6) is 10.3 Å². The zero-order valence-electron chi connectivity index (χ0n) is 11.2. The van der Waals surface area contributed by atoms with Crippen LogP contribution < -0.4 is 15.4 Å². The van der Waals surface area contributed by atoms with Crippen molar-refractivity contribution in [3.05, 3.63) is 28.6 Å². The fourth-order valence-corrected chi connectivity index (χ4v) is 4.38. The first kappa shape index (κ1) is 13.2. The summed E-state index contributed by atoms with van der Waals surface area (Å²) in [7, 11) is 0. The molecule has 0 aromatic carbocycles. The van der Waals surface area contributed by atoms with E-state index in [9.17, 15) is 4.79 Å². The predicted molar refractivity (Wildman–Crippen MR) is 82.3 cm³/mol. The van der Waals surface area contributed by atoms with Gasteiger partial charge in [-0.15, -0.1) is 0 Å². The van der Waals surface area contributed by atoms with Crippen LogP contribution in [-0.2, 0) is 0 Å². The number of fused-ring (bicyclic) bond motifs is 2. The monoisotopic (exact) mass is 321 g/mol. The molecule has 0 aliphatic carbocycles. The van der Waals surface area contributed by atoms with Crippen LogP contribution in [0.25, 0.3) is 0 Å². The van der Waals surface area contributed by atoms with Gasteiger partial charge in [-0.3, -0.25) is 4.79 Å². The summed E-state index contributed by atoms with van der Waals surface area (Å²) in [6.07, 6.45) is 5.15. The highest BCUT2D eigenvalue weighted by Crippen LogP contribution is 2.32. The Labute approximate surface area is 130 Å². The van der Waals surface area contributed by atoms with Crippen molar-refractivity contribution in [2.45, 2.75) is 37.4 Å². The summed E-state index contributed by atoms with van der Waals surface area (Å²) in [5.74, 6) is -0.00617. The van der Waals surface area contributed by atoms with Crippen LogP contribution in [0.15, 0.2) is 23.7 Å². The molecule has 2 aromatic rings. The molecule has 3 atom stereocenters. The quantitative estimate of drug-likeness (QED) is 0.909. The second-order valence-electron chi connectivity index (χ2n) is 5.38. The van der Waals surface area contributed by atoms with Gasteiger partial charge in [0.1, 0.15) is 0 Å². The molecule has 2 aromatic heterocycles. The van der Waals surface area contributed by atoms with Crippen molar-refractivity contribution in [3.8, 4) is 10.3 Å². The van der Waals surface area contributed by atoms with Gasteiger partial charge in [0.2, 0.25) is 0 Å². The number of rotatable bonds is 4. The first-order valence-corrected chi connectivity index (χ1v) is 8.71. The number of ether oxygens (including phenoxy) is 1. The molecule has 4 heterocycles. The Morgan fingerprint density at radius 3 is 3.10 bits per heavy atom. The zero-order valence-corrected chi connectivity index (χ0v) is 12.9. The van der Waals surface area contributed by atoms with Crippen molar-refractivity contribution in [2.24, 2.45) is 0 Å². The van der Waals surface area contributed by atoms with Gasteiger partial charge in [-0.05, 0) is 31.4 Å². The lowest BCUT2D eigenvalue weighted by Gasteiger charge is -2.20. The molecule has 2 aliphatic rings. The van der Waals surface area contributed by atoms with E-state index in [4.69, 9.17) is 4.74 Å². The maximum Gasteiger partial charge on any atom is 0.279 e. The zero-order chi connectivity index (χ0) is 14.2. The van der Waals surface area contributed by atoms with Crippen LogP contribution in [0.1, 0.15) is 28.9 Å². The van der Waals surface area contributed by atoms with Gasteiger partial charge >= 0.3 is 0 Å². The highest BCUT2D eigenvalue weighted by Gasteiger charge is 2.39. The van der Waals surface area contributed by atoms with Gasteiger partial charge in [0.05, 0.1) is 4.88 Å². The minimum Gasteiger partial charge on any atom is -0.420 e. The van der Waals surface area contributed by atoms with E-state index in [0.29, 0.717) is 27.2 Å². The third-order valence-corrected chi connectivity index (χ3v) is 5.63. The van der Waals surface area contributed by atoms with E-state index in [2.05, 4.69) is 15.6 Å². The van der Waals surface area contributed by atoms with Gasteiger partial charge in [0.25, 0.3) is 11.1 Å². The van der Waals surface area contributed by atoms with E-state index in [1.54, 1.807) is 6.20 Å². The van der Waals surface area contributed by atoms with E-state index < -0.39 is 0 Å². The fraction of sp³-hybridized carbons (Fsp3) is 0.429. The highest BCUT2D eigenvalue weighted by molar-refractivity contribution is 7.16. The molecule has 0 spiro atoms. The molecular weight excluding hydrogens is 306 g/mol. The summed E-state index contributed by atoms with van der Waals surface area (Å²) in [6, 6.07) is 4.93. The van der Waals surface area contributed by atoms with Gasteiger partial charge in [-0.1, -0.05) is 22.7 Å². The Morgan fingerprint density at radius 1 is 1.43 bits per heavy atom. The molecule has 5 nitrogen and oxygen atoms in total. The normalized spacial score (nSPS) is 27.0. The third kappa shape index (κ3) is 2.68. The standard InChI is InChI=1S/C14H15N3O2S2/c18-13(17-10-7-8-1-2-9(10)16-8)11-3-4-12(21-11)19-14-15-5-6-20-14/h3-6,8-10,16H,1-2,7H2,(H,17,18). The molecule has 2 fully saturated rings. The molecule has 2 aliphatic heterocycles. The second-order valence-corrected chi connectivity index (χ2v) is 7.29. The number of thiazole rings is 1. The lowest BCUT2D eigenvalue weighted by molar-refractivity contribution is 0.0935. The predicted octanol–water partition coefficient (Wildman–Crippen LogP) is 2.62. The van der Waals surface area contributed by atoms with Crippen molar-refractivity contribution in [3.63, 3.8) is 0 Å². The fourth-order valence-electron chi connectivity index (χ4n) is 3.07. The summed E-state index contributed by atoms with van der Waals surface area (Å²) in [6.45, 7) is 0. The van der Waals surface area contributed by atoms with Crippen LogP contribution >= 0.6 is 22.7 Å². The Bertz CT molecular complexity index is 640. The number of hydrogen-bond acceptors (Lipinski definition) is 6. The molecule has 2 bridgehead atoms. The lowest BCUT2D eigenvalue weighted by atomic mass is 9.95. The van der Waals surface area contributed by atoms with Crippen molar-refractivity contribution in [1.29, 1.82) is 0 Å². The van der Waals surface area contributed by atoms with E-state index in [-0.39, 0.29) is 11.9 Å². The molecule has 4 rings (SSSR count). The van der Waals surface area contributed by atoms with Gasteiger partial charge in [0, 0.05) is 29.7 Å². The summed E-state index contributed by atoms with van der Waals surface area (Å²) < 4.78 is 5.60. The average Bonchev–Trinajstić information content (AvgIpc) is 3.24. The molecule has 0 saturated carbocycles. The van der Waals surface area contributed by atoms with Gasteiger partial charge in [-0.25, -0.2) is 4.98 Å². The molecule has 2 N–H and O–H groups in total. The van der Waals surface area contributed by atoms with E-state index >= 15 is 0 Å². The van der Waals surface area contributed by atoms with Gasteiger partial charge < -0.3 is 15.4 Å². The first-order chi connectivity index (χ1) is 10.3. The number of carbonyl (C=O) groups is 1. The molecule has 2 saturated heterocycles. The van der Waals surface area contributed by atoms with E-state index in [1.807, 2.05) is 17.5 Å². The number of nitrogens with zero attached hydrogens (tertiary/aromatic N) is 1. The molecule has 1 amide bonds. The molecule has 0 radical (unpaired) electrons. The highest BCUT2D eigenvalue weighted by atomic mass is 32.1. The van der Waals surface area contributed by atoms with Crippen molar-refractivity contribution in [1.82, 2.24) is 15.6 Å². The Balaban J connectivity index is 1.39. The second kappa shape index (κ2) is 5.40. The van der Waals surface area contributed by atoms with Crippen LogP contribution in [0.3, 0.4) is 0 Å². The number of aromatic nitrogens is 1. The third-order valence-electron chi connectivity index (χ3n) is 4.02. The Morgan fingerprint density at radius 2 is 2.38 bits per heavy atom. The Kier molecular flexibility index (Phi) is 3.40. The van der Waals surface area contributed by atoms with Crippen LogP contribution in [0.2, 0.25) is 0 Å². The minimum atomic E-state index is -0.00617. The SMILES string of the molecule is O=C(NC1CC2CCC1N2)c1ccc(Oc2nccs2)s1. The van der Waals surface area contributed by atoms with Crippen LogP contribution in [0, 0.1) is 0 Å². The number of amides is 1. The van der Waals surface area contributed by atoms with E-state index in [1.165, 1.54) is 35.5 Å². The van der Waals surface area contributed by atoms with Gasteiger partial charge in [0.15, 0.2) is 5.06 Å². The minimum absolute atomic E-state index is 0.00617.